The topological polar surface area (TPSA) is 49.3 Å². The second-order valence-corrected chi connectivity index (χ2v) is 4.46. The van der Waals surface area contributed by atoms with E-state index >= 15 is 0 Å². The highest BCUT2D eigenvalue weighted by Crippen LogP contribution is 2.32. The van der Waals surface area contributed by atoms with Crippen molar-refractivity contribution in [2.75, 3.05) is 5.32 Å². The molecule has 0 heterocycles. The zero-order valence-electron chi connectivity index (χ0n) is 10.3. The summed E-state index contributed by atoms with van der Waals surface area (Å²) in [6.45, 7) is 2.07. The lowest BCUT2D eigenvalue weighted by atomic mass is 10.0. The van der Waals surface area contributed by atoms with Crippen LogP contribution in [0.2, 0.25) is 0 Å². The third-order valence-electron chi connectivity index (χ3n) is 2.59. The minimum Gasteiger partial charge on any atom is -0.380 e. The van der Waals surface area contributed by atoms with Crippen molar-refractivity contribution in [3.05, 3.63) is 29.6 Å². The summed E-state index contributed by atoms with van der Waals surface area (Å²) in [6.07, 6.45) is -6.08. The first-order valence-electron chi connectivity index (χ1n) is 5.38. The Morgan fingerprint density at radius 1 is 1.37 bits per heavy atom. The summed E-state index contributed by atoms with van der Waals surface area (Å²) in [5.41, 5.74) is -2.55. The molecule has 106 valence electrons. The average Bonchev–Trinajstić information content (AvgIpc) is 2.21. The predicted octanol–water partition coefficient (Wildman–Crippen LogP) is 2.78. The number of aryl methyl sites for hydroxylation is 1. The van der Waals surface area contributed by atoms with Crippen LogP contribution in [0.1, 0.15) is 18.9 Å². The van der Waals surface area contributed by atoms with Crippen molar-refractivity contribution in [1.82, 2.24) is 0 Å². The second kappa shape index (κ2) is 5.16. The van der Waals surface area contributed by atoms with E-state index in [2.05, 4.69) is 5.32 Å². The maximum absolute atomic E-state index is 12.9. The molecule has 0 saturated heterocycles. The zero-order valence-corrected chi connectivity index (χ0v) is 10.3. The number of carbonyl (C=O) groups excluding carboxylic acids is 1. The van der Waals surface area contributed by atoms with Gasteiger partial charge in [0.05, 0.1) is 6.42 Å². The van der Waals surface area contributed by atoms with Crippen LogP contribution in [0.25, 0.3) is 0 Å². The molecular formula is C12H13F4NO2. The molecule has 0 saturated carbocycles. The largest absolute Gasteiger partial charge is 0.417 e. The number of benzene rings is 1. The van der Waals surface area contributed by atoms with Gasteiger partial charge in [0.2, 0.25) is 5.91 Å². The van der Waals surface area contributed by atoms with E-state index < -0.39 is 29.9 Å². The molecule has 1 amide bonds. The smallest absolute Gasteiger partial charge is 0.380 e. The summed E-state index contributed by atoms with van der Waals surface area (Å²) in [5.74, 6) is -1.67. The summed E-state index contributed by atoms with van der Waals surface area (Å²) in [4.78, 5) is 11.4. The number of carbonyl (C=O) groups is 1. The first-order chi connectivity index (χ1) is 8.53. The van der Waals surface area contributed by atoms with Crippen LogP contribution in [0.5, 0.6) is 0 Å². The second-order valence-electron chi connectivity index (χ2n) is 4.46. The van der Waals surface area contributed by atoms with E-state index in [0.717, 1.165) is 12.1 Å². The van der Waals surface area contributed by atoms with Gasteiger partial charge in [0.15, 0.2) is 5.60 Å². The maximum Gasteiger partial charge on any atom is 0.417 e. The van der Waals surface area contributed by atoms with E-state index in [0.29, 0.717) is 12.5 Å². The van der Waals surface area contributed by atoms with E-state index in [1.807, 2.05) is 0 Å². The molecule has 1 rings (SSSR count). The van der Waals surface area contributed by atoms with Crippen LogP contribution in [0.15, 0.2) is 18.2 Å². The van der Waals surface area contributed by atoms with E-state index in [-0.39, 0.29) is 5.69 Å². The quantitative estimate of drug-likeness (QED) is 0.836. The van der Waals surface area contributed by atoms with Crippen LogP contribution in [0.3, 0.4) is 0 Å². The summed E-state index contributed by atoms with van der Waals surface area (Å²) in [6, 6.07) is 3.54. The Bertz CT molecular complexity index is 483. The fourth-order valence-electron chi connectivity index (χ4n) is 1.34. The molecule has 0 radical (unpaired) electrons. The first kappa shape index (κ1) is 15.4. The molecule has 0 fully saturated rings. The summed E-state index contributed by atoms with van der Waals surface area (Å²) < 4.78 is 50.1. The number of anilines is 1. The van der Waals surface area contributed by atoms with E-state index in [9.17, 15) is 22.4 Å². The average molecular weight is 279 g/mol. The zero-order chi connectivity index (χ0) is 14.8. The molecular weight excluding hydrogens is 266 g/mol. The maximum atomic E-state index is 12.9. The van der Waals surface area contributed by atoms with Gasteiger partial charge in [-0.3, -0.25) is 4.79 Å². The molecule has 1 atom stereocenters. The van der Waals surface area contributed by atoms with Crippen LogP contribution >= 0.6 is 0 Å². The highest BCUT2D eigenvalue weighted by Gasteiger charge is 2.50. The Labute approximate surface area is 107 Å². The van der Waals surface area contributed by atoms with Gasteiger partial charge in [0.25, 0.3) is 0 Å². The number of aliphatic hydroxyl groups is 1. The fourth-order valence-corrected chi connectivity index (χ4v) is 1.34. The van der Waals surface area contributed by atoms with Crippen LogP contribution in [-0.4, -0.2) is 22.8 Å². The number of rotatable bonds is 3. The summed E-state index contributed by atoms with van der Waals surface area (Å²) >= 11 is 0. The van der Waals surface area contributed by atoms with E-state index in [4.69, 9.17) is 5.11 Å². The van der Waals surface area contributed by atoms with Crippen LogP contribution in [0, 0.1) is 12.7 Å². The number of amides is 1. The van der Waals surface area contributed by atoms with Crippen molar-refractivity contribution in [2.24, 2.45) is 0 Å². The molecule has 1 aromatic carbocycles. The molecule has 0 spiro atoms. The molecule has 0 unspecified atom stereocenters. The standard InChI is InChI=1S/C12H13F4NO2/c1-7-3-4-8(13)5-9(7)17-10(18)6-11(2,19)12(14,15)16/h3-5,19H,6H2,1-2H3,(H,17,18)/t11-/m0/s1. The highest BCUT2D eigenvalue weighted by atomic mass is 19.4. The number of hydrogen-bond donors (Lipinski definition) is 2. The Morgan fingerprint density at radius 2 is 1.95 bits per heavy atom. The number of hydrogen-bond acceptors (Lipinski definition) is 2. The van der Waals surface area contributed by atoms with E-state index in [1.54, 1.807) is 6.92 Å². The Kier molecular flexibility index (Phi) is 4.19. The molecule has 19 heavy (non-hydrogen) atoms. The van der Waals surface area contributed by atoms with Gasteiger partial charge in [0, 0.05) is 5.69 Å². The van der Waals surface area contributed by atoms with Gasteiger partial charge >= 0.3 is 6.18 Å². The van der Waals surface area contributed by atoms with Crippen molar-refractivity contribution in [3.63, 3.8) is 0 Å². The fraction of sp³-hybridized carbons (Fsp3) is 0.417. The molecule has 0 bridgehead atoms. The van der Waals surface area contributed by atoms with Gasteiger partial charge in [-0.15, -0.1) is 0 Å². The van der Waals surface area contributed by atoms with Crippen molar-refractivity contribution in [3.8, 4) is 0 Å². The van der Waals surface area contributed by atoms with Crippen molar-refractivity contribution in [2.45, 2.75) is 32.0 Å². The molecule has 3 nitrogen and oxygen atoms in total. The van der Waals surface area contributed by atoms with Gasteiger partial charge < -0.3 is 10.4 Å². The van der Waals surface area contributed by atoms with Crippen LogP contribution in [-0.2, 0) is 4.79 Å². The number of alkyl halides is 3. The van der Waals surface area contributed by atoms with Crippen molar-refractivity contribution in [1.29, 1.82) is 0 Å². The molecule has 0 aliphatic rings. The highest BCUT2D eigenvalue weighted by molar-refractivity contribution is 5.92. The summed E-state index contributed by atoms with van der Waals surface area (Å²) in [5, 5.41) is 11.3. The number of nitrogens with one attached hydrogen (secondary N) is 1. The number of halogens is 4. The SMILES string of the molecule is Cc1ccc(F)cc1NC(=O)C[C@](C)(O)C(F)(F)F. The summed E-state index contributed by atoms with van der Waals surface area (Å²) in [7, 11) is 0. The molecule has 1 aromatic rings. The van der Waals surface area contributed by atoms with Gasteiger partial charge in [0.1, 0.15) is 5.82 Å². The van der Waals surface area contributed by atoms with Crippen molar-refractivity contribution < 1.29 is 27.5 Å². The lowest BCUT2D eigenvalue weighted by Gasteiger charge is -2.25. The Hall–Kier alpha value is -1.63. The minimum atomic E-state index is -4.92. The monoisotopic (exact) mass is 279 g/mol. The Balaban J connectivity index is 2.79. The molecule has 2 N–H and O–H groups in total. The van der Waals surface area contributed by atoms with E-state index in [1.165, 1.54) is 6.07 Å². The third kappa shape index (κ3) is 3.92. The van der Waals surface area contributed by atoms with Crippen LogP contribution in [0.4, 0.5) is 23.2 Å². The molecule has 0 aliphatic carbocycles. The molecule has 0 aliphatic heterocycles. The minimum absolute atomic E-state index is 0.0722. The first-order valence-corrected chi connectivity index (χ1v) is 5.38. The van der Waals surface area contributed by atoms with Crippen molar-refractivity contribution >= 4 is 11.6 Å². The Morgan fingerprint density at radius 3 is 2.47 bits per heavy atom. The molecule has 0 aromatic heterocycles. The van der Waals surface area contributed by atoms with Crippen LogP contribution < -0.4 is 5.32 Å². The van der Waals surface area contributed by atoms with Gasteiger partial charge in [-0.1, -0.05) is 6.07 Å². The van der Waals surface area contributed by atoms with Gasteiger partial charge in [-0.05, 0) is 31.5 Å². The third-order valence-corrected chi connectivity index (χ3v) is 2.59. The predicted molar refractivity (Wildman–Crippen MR) is 61.1 cm³/mol. The lowest BCUT2D eigenvalue weighted by Crippen LogP contribution is -2.44. The normalized spacial score (nSPS) is 14.9. The van der Waals surface area contributed by atoms with Gasteiger partial charge in [-0.2, -0.15) is 13.2 Å². The molecule has 7 heteroatoms. The lowest BCUT2D eigenvalue weighted by molar-refractivity contribution is -0.252. The van der Waals surface area contributed by atoms with Gasteiger partial charge in [-0.25, -0.2) is 4.39 Å².